The molecular weight excluding hydrogens is 681 g/mol. The van der Waals surface area contributed by atoms with Gasteiger partial charge in [-0.1, -0.05) is 86.8 Å². The van der Waals surface area contributed by atoms with Gasteiger partial charge in [-0.15, -0.1) is 0 Å². The molecule has 3 aromatic rings. The quantitative estimate of drug-likeness (QED) is 0.102. The summed E-state index contributed by atoms with van der Waals surface area (Å²) in [5.41, 5.74) is 3.20. The summed E-state index contributed by atoms with van der Waals surface area (Å²) in [6.45, 7) is 7.08. The second-order valence-corrected chi connectivity index (χ2v) is 16.1. The van der Waals surface area contributed by atoms with E-state index in [-0.39, 0.29) is 48.2 Å². The Morgan fingerprint density at radius 1 is 1.08 bits per heavy atom. The molecule has 1 aromatic heterocycles. The third kappa shape index (κ3) is 9.55. The Kier molecular flexibility index (Phi) is 13.4. The lowest BCUT2D eigenvalue weighted by Crippen LogP contribution is -2.57. The summed E-state index contributed by atoms with van der Waals surface area (Å²) >= 11 is 0. The fourth-order valence-corrected chi connectivity index (χ4v) is 8.81. The van der Waals surface area contributed by atoms with Gasteiger partial charge in [0.1, 0.15) is 6.04 Å². The number of sulfonamides is 1. The number of nitrogens with one attached hydrogen (secondary N) is 1. The van der Waals surface area contributed by atoms with Crippen molar-refractivity contribution in [2.75, 3.05) is 26.2 Å². The third-order valence-electron chi connectivity index (χ3n) is 10.5. The highest BCUT2D eigenvalue weighted by molar-refractivity contribution is 7.89. The number of hydrogen-bond donors (Lipinski definition) is 3. The lowest BCUT2D eigenvalue weighted by atomic mass is 9.95. The van der Waals surface area contributed by atoms with Crippen molar-refractivity contribution in [1.82, 2.24) is 24.4 Å². The van der Waals surface area contributed by atoms with Crippen molar-refractivity contribution >= 4 is 28.2 Å². The Balaban J connectivity index is 1.40. The van der Waals surface area contributed by atoms with Gasteiger partial charge in [-0.3, -0.25) is 9.78 Å². The van der Waals surface area contributed by atoms with E-state index >= 15 is 0 Å². The van der Waals surface area contributed by atoms with Gasteiger partial charge >= 0.3 is 6.03 Å². The predicted molar refractivity (Wildman–Crippen MR) is 199 cm³/mol. The van der Waals surface area contributed by atoms with Crippen LogP contribution >= 0.6 is 0 Å². The predicted octanol–water partition coefficient (Wildman–Crippen LogP) is 4.82. The van der Waals surface area contributed by atoms with Crippen LogP contribution in [0.3, 0.4) is 0 Å². The molecule has 2 heterocycles. The molecule has 1 aliphatic carbocycles. The summed E-state index contributed by atoms with van der Waals surface area (Å²) in [4.78, 5) is 36.0. The molecule has 2 fully saturated rings. The molecule has 0 unspecified atom stereocenters. The van der Waals surface area contributed by atoms with Gasteiger partial charge in [0.15, 0.2) is 0 Å². The fourth-order valence-electron chi connectivity index (χ4n) is 7.28. The van der Waals surface area contributed by atoms with Gasteiger partial charge < -0.3 is 25.4 Å². The van der Waals surface area contributed by atoms with Crippen LogP contribution in [0.2, 0.25) is 0 Å². The smallest absolute Gasteiger partial charge is 0.321 e. The molecule has 52 heavy (non-hydrogen) atoms. The van der Waals surface area contributed by atoms with E-state index in [4.69, 9.17) is 5.21 Å². The minimum absolute atomic E-state index is 0.0619. The number of carbonyl (C=O) groups excluding carboxylic acids is 2. The first kappa shape index (κ1) is 38.9. The molecule has 13 heteroatoms. The van der Waals surface area contributed by atoms with Crippen LogP contribution in [0, 0.1) is 18.8 Å². The van der Waals surface area contributed by atoms with Gasteiger partial charge in [-0.05, 0) is 72.9 Å². The zero-order valence-corrected chi connectivity index (χ0v) is 31.2. The van der Waals surface area contributed by atoms with Gasteiger partial charge in [0, 0.05) is 44.6 Å². The first-order valence-electron chi connectivity index (χ1n) is 18.3. The van der Waals surface area contributed by atoms with Gasteiger partial charge in [-0.25, -0.2) is 13.2 Å². The van der Waals surface area contributed by atoms with E-state index in [1.165, 1.54) is 22.7 Å². The maximum Gasteiger partial charge on any atom is 0.321 e. The molecule has 1 aliphatic heterocycles. The number of benzene rings is 2. The van der Waals surface area contributed by atoms with E-state index < -0.39 is 28.2 Å². The van der Waals surface area contributed by atoms with Crippen molar-refractivity contribution in [1.29, 1.82) is 0 Å². The van der Waals surface area contributed by atoms with Crippen molar-refractivity contribution in [3.63, 3.8) is 0 Å². The van der Waals surface area contributed by atoms with Crippen LogP contribution in [-0.4, -0.2) is 100 Å². The lowest BCUT2D eigenvalue weighted by Gasteiger charge is -2.35. The number of oxime groups is 1. The Bertz CT molecular complexity index is 1770. The molecule has 0 radical (unpaired) electrons. The first-order chi connectivity index (χ1) is 25.0. The van der Waals surface area contributed by atoms with Crippen LogP contribution in [0.4, 0.5) is 4.79 Å². The number of urea groups is 1. The first-order valence-corrected chi connectivity index (χ1v) is 19.7. The highest BCUT2D eigenvalue weighted by Crippen LogP contribution is 2.29. The van der Waals surface area contributed by atoms with Crippen LogP contribution in [0.1, 0.15) is 68.3 Å². The average molecular weight is 733 g/mol. The molecule has 12 nitrogen and oxygen atoms in total. The molecule has 1 saturated carbocycles. The standard InChI is InChI=1S/C39H52N6O6S/c1-4-28(2)37(45-22-21-43(39(45)48)26-33-15-10-20-40-29(33)3)38(47)42-35(23-30-11-6-5-7-12-30)36(46)27-44(25-32-13-8-9-14-32)52(50,51)34-18-16-31(17-19-34)24-41-49/h5-7,10-12,15-20,24,28,32,35-37,46,49H,4,8-9,13-14,21-23,25-27H2,1-3H3,(H,42,47)/b41-24+/t28-,35-,36+,37-/m0/s1. The molecule has 3 amide bonds. The highest BCUT2D eigenvalue weighted by Gasteiger charge is 2.41. The van der Waals surface area contributed by atoms with E-state index in [9.17, 15) is 23.1 Å². The number of nitrogens with zero attached hydrogens (tertiary/aromatic N) is 5. The molecule has 2 aromatic carbocycles. The van der Waals surface area contributed by atoms with Crippen molar-refractivity contribution in [2.45, 2.75) is 88.9 Å². The monoisotopic (exact) mass is 732 g/mol. The maximum absolute atomic E-state index is 14.4. The van der Waals surface area contributed by atoms with Crippen molar-refractivity contribution < 1.29 is 28.3 Å². The summed E-state index contributed by atoms with van der Waals surface area (Å²) in [6, 6.07) is 17.4. The second-order valence-electron chi connectivity index (χ2n) is 14.1. The molecule has 3 N–H and O–H groups in total. The number of aliphatic hydroxyl groups excluding tert-OH is 1. The lowest BCUT2D eigenvalue weighted by molar-refractivity contribution is -0.128. The van der Waals surface area contributed by atoms with E-state index in [2.05, 4.69) is 15.5 Å². The molecule has 0 spiro atoms. The minimum atomic E-state index is -4.05. The van der Waals surface area contributed by atoms with Crippen molar-refractivity contribution in [3.05, 3.63) is 95.3 Å². The highest BCUT2D eigenvalue weighted by atomic mass is 32.2. The molecule has 1 saturated heterocycles. The van der Waals surface area contributed by atoms with E-state index in [1.807, 2.05) is 63.2 Å². The van der Waals surface area contributed by atoms with E-state index in [0.29, 0.717) is 31.6 Å². The minimum Gasteiger partial charge on any atom is -0.411 e. The molecule has 280 valence electrons. The van der Waals surface area contributed by atoms with Crippen LogP contribution in [0.5, 0.6) is 0 Å². The van der Waals surface area contributed by atoms with Gasteiger partial charge in [0.2, 0.25) is 15.9 Å². The van der Waals surface area contributed by atoms with Crippen LogP contribution in [0.15, 0.2) is 83.0 Å². The van der Waals surface area contributed by atoms with Gasteiger partial charge in [-0.2, -0.15) is 4.31 Å². The second kappa shape index (κ2) is 17.9. The Morgan fingerprint density at radius 2 is 1.79 bits per heavy atom. The maximum atomic E-state index is 14.4. The Labute approximate surface area is 307 Å². The number of aryl methyl sites for hydroxylation is 1. The van der Waals surface area contributed by atoms with Gasteiger partial charge in [0.25, 0.3) is 0 Å². The molecule has 5 rings (SSSR count). The largest absolute Gasteiger partial charge is 0.411 e. The van der Waals surface area contributed by atoms with Crippen molar-refractivity contribution in [3.8, 4) is 0 Å². The summed E-state index contributed by atoms with van der Waals surface area (Å²) in [5.74, 6) is -0.413. The molecular formula is C39H52N6O6S. The van der Waals surface area contributed by atoms with Crippen LogP contribution in [0.25, 0.3) is 0 Å². The molecule has 0 bridgehead atoms. The number of hydrogen-bond acceptors (Lipinski definition) is 8. The number of pyridine rings is 1. The third-order valence-corrected chi connectivity index (χ3v) is 12.4. The van der Waals surface area contributed by atoms with E-state index in [1.54, 1.807) is 28.1 Å². The average Bonchev–Trinajstić information content (AvgIpc) is 3.79. The Hall–Kier alpha value is -4.33. The van der Waals surface area contributed by atoms with Crippen molar-refractivity contribution in [2.24, 2.45) is 17.0 Å². The zero-order chi connectivity index (χ0) is 37.3. The fraction of sp³-hybridized carbons (Fsp3) is 0.487. The summed E-state index contributed by atoms with van der Waals surface area (Å²) in [5, 5.41) is 27.0. The van der Waals surface area contributed by atoms with Crippen LogP contribution < -0.4 is 5.32 Å². The Morgan fingerprint density at radius 3 is 2.44 bits per heavy atom. The number of aromatic nitrogens is 1. The number of aliphatic hydroxyl groups is 1. The summed E-state index contributed by atoms with van der Waals surface area (Å²) < 4.78 is 29.6. The summed E-state index contributed by atoms with van der Waals surface area (Å²) in [7, 11) is -4.05. The van der Waals surface area contributed by atoms with E-state index in [0.717, 1.165) is 42.5 Å². The summed E-state index contributed by atoms with van der Waals surface area (Å²) in [6.07, 6.45) is 6.42. The topological polar surface area (TPSA) is 156 Å². The normalized spacial score (nSPS) is 17.9. The van der Waals surface area contributed by atoms with Gasteiger partial charge in [0.05, 0.1) is 23.3 Å². The SMILES string of the molecule is CC[C@H](C)[C@@H](C(=O)N[C@@H](Cc1ccccc1)[C@H](O)CN(CC1CCCC1)S(=O)(=O)c1ccc(/C=N/O)cc1)N1CCN(Cc2cccnc2C)C1=O. The van der Waals surface area contributed by atoms with Crippen LogP contribution in [-0.2, 0) is 27.8 Å². The number of amides is 3. The molecule has 4 atom stereocenters. The number of carbonyl (C=O) groups is 2. The zero-order valence-electron chi connectivity index (χ0n) is 30.3. The molecule has 2 aliphatic rings. The number of rotatable bonds is 17.